The van der Waals surface area contributed by atoms with Crippen molar-refractivity contribution in [2.24, 2.45) is 0 Å². The monoisotopic (exact) mass is 275 g/mol. The average Bonchev–Trinajstić information content (AvgIpc) is 3.19. The van der Waals surface area contributed by atoms with Crippen molar-refractivity contribution in [3.8, 4) is 0 Å². The van der Waals surface area contributed by atoms with Crippen LogP contribution < -0.4 is 5.32 Å². The van der Waals surface area contributed by atoms with E-state index in [2.05, 4.69) is 10.2 Å². The van der Waals surface area contributed by atoms with Gasteiger partial charge in [0.15, 0.2) is 0 Å². The van der Waals surface area contributed by atoms with E-state index in [1.54, 1.807) is 4.31 Å². The molecule has 1 heterocycles. The van der Waals surface area contributed by atoms with Crippen molar-refractivity contribution in [1.82, 2.24) is 14.5 Å². The molecule has 1 saturated heterocycles. The lowest BCUT2D eigenvalue weighted by molar-refractivity contribution is 0.180. The Bertz CT molecular complexity index is 346. The highest BCUT2D eigenvalue weighted by Crippen LogP contribution is 2.27. The maximum absolute atomic E-state index is 12.1. The third kappa shape index (κ3) is 3.91. The molecule has 6 heteroatoms. The van der Waals surface area contributed by atoms with E-state index in [-0.39, 0.29) is 0 Å². The number of hydrogen-bond acceptors (Lipinski definition) is 4. The molecule has 1 N–H and O–H groups in total. The van der Waals surface area contributed by atoms with Gasteiger partial charge in [-0.1, -0.05) is 0 Å². The van der Waals surface area contributed by atoms with Gasteiger partial charge in [0.2, 0.25) is 10.0 Å². The minimum absolute atomic E-state index is 0.304. The summed E-state index contributed by atoms with van der Waals surface area (Å²) in [5, 5.41) is 3.04. The molecule has 0 bridgehead atoms. The predicted octanol–water partition coefficient (Wildman–Crippen LogP) is 0.0958. The second-order valence-electron chi connectivity index (χ2n) is 5.29. The van der Waals surface area contributed by atoms with Gasteiger partial charge in [0.25, 0.3) is 0 Å². The van der Waals surface area contributed by atoms with E-state index < -0.39 is 10.0 Å². The highest BCUT2D eigenvalue weighted by molar-refractivity contribution is 7.89. The average molecular weight is 275 g/mol. The van der Waals surface area contributed by atoms with E-state index in [0.29, 0.717) is 18.8 Å². The molecule has 18 heavy (non-hydrogen) atoms. The van der Waals surface area contributed by atoms with Gasteiger partial charge in [-0.05, 0) is 39.3 Å². The molecule has 1 aliphatic carbocycles. The Morgan fingerprint density at radius 2 is 1.78 bits per heavy atom. The summed E-state index contributed by atoms with van der Waals surface area (Å²) in [7, 11) is -1.12. The normalized spacial score (nSPS) is 23.4. The van der Waals surface area contributed by atoms with Gasteiger partial charge in [0.05, 0.1) is 5.75 Å². The molecule has 5 nitrogen and oxygen atoms in total. The van der Waals surface area contributed by atoms with Crippen LogP contribution in [0.25, 0.3) is 0 Å². The number of piperazine rings is 1. The standard InChI is InChI=1S/C12H25N3O2S/c1-13-6-2-3-11-18(16,17)15-9-7-14(8-10-15)12-4-5-12/h12-13H,2-11H2,1H3. The van der Waals surface area contributed by atoms with Crippen molar-refractivity contribution in [1.29, 1.82) is 0 Å². The van der Waals surface area contributed by atoms with Crippen LogP contribution in [0.4, 0.5) is 0 Å². The molecule has 1 aliphatic heterocycles. The van der Waals surface area contributed by atoms with Gasteiger partial charge >= 0.3 is 0 Å². The fourth-order valence-corrected chi connectivity index (χ4v) is 4.05. The maximum Gasteiger partial charge on any atom is 0.214 e. The summed E-state index contributed by atoms with van der Waals surface area (Å²) in [5.74, 6) is 0.304. The van der Waals surface area contributed by atoms with Gasteiger partial charge in [-0.3, -0.25) is 4.90 Å². The Hall–Kier alpha value is -0.170. The Kier molecular flexibility index (Phi) is 5.00. The van der Waals surface area contributed by atoms with Crippen LogP contribution in [0, 0.1) is 0 Å². The zero-order chi connectivity index (χ0) is 13.0. The molecule has 0 aromatic heterocycles. The first kappa shape index (κ1) is 14.2. The SMILES string of the molecule is CNCCCCS(=O)(=O)N1CCN(C2CC2)CC1. The van der Waals surface area contributed by atoms with Crippen molar-refractivity contribution < 1.29 is 8.42 Å². The maximum atomic E-state index is 12.1. The van der Waals surface area contributed by atoms with Gasteiger partial charge in [0.1, 0.15) is 0 Å². The molecule has 0 unspecified atom stereocenters. The second-order valence-corrected chi connectivity index (χ2v) is 7.38. The number of hydrogen-bond donors (Lipinski definition) is 1. The Labute approximate surface area is 111 Å². The first-order chi connectivity index (χ1) is 8.63. The summed E-state index contributed by atoms with van der Waals surface area (Å²) >= 11 is 0. The predicted molar refractivity (Wildman–Crippen MR) is 73.1 cm³/mol. The number of nitrogens with one attached hydrogen (secondary N) is 1. The minimum Gasteiger partial charge on any atom is -0.320 e. The van der Waals surface area contributed by atoms with Gasteiger partial charge in [-0.15, -0.1) is 0 Å². The topological polar surface area (TPSA) is 52.7 Å². The summed E-state index contributed by atoms with van der Waals surface area (Å²) in [5.41, 5.74) is 0. The van der Waals surface area contributed by atoms with Crippen LogP contribution in [0.15, 0.2) is 0 Å². The van der Waals surface area contributed by atoms with E-state index >= 15 is 0 Å². The van der Waals surface area contributed by atoms with Crippen LogP contribution >= 0.6 is 0 Å². The highest BCUT2D eigenvalue weighted by atomic mass is 32.2. The lowest BCUT2D eigenvalue weighted by Gasteiger charge is -2.34. The first-order valence-electron chi connectivity index (χ1n) is 7.00. The molecule has 1 saturated carbocycles. The molecular formula is C12H25N3O2S. The largest absolute Gasteiger partial charge is 0.320 e. The van der Waals surface area contributed by atoms with Crippen molar-refractivity contribution in [2.45, 2.75) is 31.7 Å². The second kappa shape index (κ2) is 6.32. The van der Waals surface area contributed by atoms with Crippen LogP contribution in [0.3, 0.4) is 0 Å². The molecule has 0 amide bonds. The summed E-state index contributed by atoms with van der Waals surface area (Å²) in [6.45, 7) is 4.10. The molecule has 0 radical (unpaired) electrons. The van der Waals surface area contributed by atoms with Crippen LogP contribution in [-0.4, -0.2) is 69.2 Å². The summed E-state index contributed by atoms with van der Waals surface area (Å²) in [6.07, 6.45) is 4.29. The zero-order valence-corrected chi connectivity index (χ0v) is 12.1. The van der Waals surface area contributed by atoms with Crippen LogP contribution in [0.2, 0.25) is 0 Å². The lowest BCUT2D eigenvalue weighted by Crippen LogP contribution is -2.49. The van der Waals surface area contributed by atoms with Crippen LogP contribution in [0.5, 0.6) is 0 Å². The van der Waals surface area contributed by atoms with E-state index in [1.165, 1.54) is 12.8 Å². The summed E-state index contributed by atoms with van der Waals surface area (Å²) in [4.78, 5) is 2.44. The molecule has 0 spiro atoms. The Morgan fingerprint density at radius 1 is 1.11 bits per heavy atom. The van der Waals surface area contributed by atoms with E-state index in [1.807, 2.05) is 7.05 Å². The molecule has 2 fully saturated rings. The quantitative estimate of drug-likeness (QED) is 0.669. The molecule has 0 atom stereocenters. The van der Waals surface area contributed by atoms with Gasteiger partial charge < -0.3 is 5.32 Å². The van der Waals surface area contributed by atoms with E-state index in [0.717, 1.165) is 38.5 Å². The number of rotatable bonds is 7. The Morgan fingerprint density at radius 3 is 2.33 bits per heavy atom. The van der Waals surface area contributed by atoms with Crippen molar-refractivity contribution in [3.05, 3.63) is 0 Å². The van der Waals surface area contributed by atoms with Crippen LogP contribution in [0.1, 0.15) is 25.7 Å². The van der Waals surface area contributed by atoms with Gasteiger partial charge in [0, 0.05) is 32.2 Å². The zero-order valence-electron chi connectivity index (χ0n) is 11.3. The molecule has 0 aromatic rings. The fraction of sp³-hybridized carbons (Fsp3) is 1.00. The molecule has 106 valence electrons. The smallest absolute Gasteiger partial charge is 0.214 e. The Balaban J connectivity index is 1.72. The third-order valence-electron chi connectivity index (χ3n) is 3.81. The summed E-state index contributed by atoms with van der Waals surface area (Å²) < 4.78 is 25.9. The van der Waals surface area contributed by atoms with Gasteiger partial charge in [-0.2, -0.15) is 4.31 Å². The number of nitrogens with zero attached hydrogens (tertiary/aromatic N) is 2. The fourth-order valence-electron chi connectivity index (χ4n) is 2.50. The van der Waals surface area contributed by atoms with E-state index in [4.69, 9.17) is 0 Å². The molecular weight excluding hydrogens is 250 g/mol. The molecule has 2 aliphatic rings. The van der Waals surface area contributed by atoms with Gasteiger partial charge in [-0.25, -0.2) is 8.42 Å². The van der Waals surface area contributed by atoms with E-state index in [9.17, 15) is 8.42 Å². The molecule has 0 aromatic carbocycles. The minimum atomic E-state index is -3.01. The van der Waals surface area contributed by atoms with Crippen LogP contribution in [-0.2, 0) is 10.0 Å². The lowest BCUT2D eigenvalue weighted by atomic mass is 10.3. The highest BCUT2D eigenvalue weighted by Gasteiger charge is 2.33. The molecule has 2 rings (SSSR count). The number of sulfonamides is 1. The van der Waals surface area contributed by atoms with Crippen molar-refractivity contribution in [2.75, 3.05) is 45.5 Å². The van der Waals surface area contributed by atoms with Crippen molar-refractivity contribution in [3.63, 3.8) is 0 Å². The first-order valence-corrected chi connectivity index (χ1v) is 8.61. The summed E-state index contributed by atoms with van der Waals surface area (Å²) in [6, 6.07) is 0.755. The van der Waals surface area contributed by atoms with Crippen molar-refractivity contribution >= 4 is 10.0 Å². The third-order valence-corrected chi connectivity index (χ3v) is 5.77. The number of unbranched alkanes of at least 4 members (excludes halogenated alkanes) is 1.